The van der Waals surface area contributed by atoms with Gasteiger partial charge < -0.3 is 10.3 Å². The lowest BCUT2D eigenvalue weighted by atomic mass is 10.1. The van der Waals surface area contributed by atoms with Crippen molar-refractivity contribution in [3.05, 3.63) is 47.5 Å². The number of imidazole rings is 1. The Bertz CT molecular complexity index is 839. The number of nitrogens with zero attached hydrogens (tertiary/aromatic N) is 3. The number of rotatable bonds is 6. The third-order valence-corrected chi connectivity index (χ3v) is 4.62. The van der Waals surface area contributed by atoms with Gasteiger partial charge in [0.05, 0.1) is 12.4 Å². The summed E-state index contributed by atoms with van der Waals surface area (Å²) in [6.07, 6.45) is 1.94. The first kappa shape index (κ1) is 16.7. The first-order valence-electron chi connectivity index (χ1n) is 7.47. The number of aromatic amines is 1. The first-order chi connectivity index (χ1) is 11.6. The van der Waals surface area contributed by atoms with E-state index in [1.165, 1.54) is 11.8 Å². The molecule has 1 amide bonds. The lowest BCUT2D eigenvalue weighted by Crippen LogP contribution is -2.26. The zero-order valence-corrected chi connectivity index (χ0v) is 14.6. The number of aromatic nitrogens is 4. The van der Waals surface area contributed by atoms with E-state index in [0.29, 0.717) is 22.8 Å². The fourth-order valence-electron chi connectivity index (χ4n) is 2.26. The molecular formula is C16H16ClN5OS. The van der Waals surface area contributed by atoms with Gasteiger partial charge in [-0.05, 0) is 24.1 Å². The van der Waals surface area contributed by atoms with E-state index in [0.717, 1.165) is 11.1 Å². The van der Waals surface area contributed by atoms with Crippen molar-refractivity contribution >= 4 is 40.4 Å². The van der Waals surface area contributed by atoms with Crippen LogP contribution in [0.1, 0.15) is 24.9 Å². The lowest BCUT2D eigenvalue weighted by molar-refractivity contribution is -0.121. The van der Waals surface area contributed by atoms with Crippen LogP contribution in [0.5, 0.6) is 0 Å². The van der Waals surface area contributed by atoms with Crippen molar-refractivity contribution in [2.24, 2.45) is 0 Å². The number of nitrogens with one attached hydrogen (secondary N) is 2. The van der Waals surface area contributed by atoms with Crippen LogP contribution in [0, 0.1) is 0 Å². The highest BCUT2D eigenvalue weighted by Crippen LogP contribution is 2.24. The SMILES string of the molecule is C[C@H](NC(=O)CCSc1nc(Cl)nc2nc[nH]c12)c1ccccc1. The average molecular weight is 362 g/mol. The summed E-state index contributed by atoms with van der Waals surface area (Å²) in [6, 6.07) is 9.86. The minimum absolute atomic E-state index is 0.000129. The minimum Gasteiger partial charge on any atom is -0.350 e. The van der Waals surface area contributed by atoms with Crippen LogP contribution in [0.4, 0.5) is 0 Å². The van der Waals surface area contributed by atoms with Gasteiger partial charge in [-0.1, -0.05) is 30.3 Å². The van der Waals surface area contributed by atoms with E-state index in [1.807, 2.05) is 37.3 Å². The third kappa shape index (κ3) is 4.04. The Morgan fingerprint density at radius 1 is 1.33 bits per heavy atom. The van der Waals surface area contributed by atoms with E-state index in [9.17, 15) is 4.79 Å². The Morgan fingerprint density at radius 3 is 2.92 bits per heavy atom. The van der Waals surface area contributed by atoms with Crippen LogP contribution >= 0.6 is 23.4 Å². The number of carbonyl (C=O) groups excluding carboxylic acids is 1. The number of hydrogen-bond donors (Lipinski definition) is 2. The third-order valence-electron chi connectivity index (χ3n) is 3.47. The predicted octanol–water partition coefficient (Wildman–Crippen LogP) is 3.37. The Morgan fingerprint density at radius 2 is 2.12 bits per heavy atom. The molecule has 2 aromatic heterocycles. The number of amides is 1. The zero-order chi connectivity index (χ0) is 16.9. The molecule has 0 unspecified atom stereocenters. The molecule has 0 aliphatic carbocycles. The van der Waals surface area contributed by atoms with E-state index in [2.05, 4.69) is 25.3 Å². The summed E-state index contributed by atoms with van der Waals surface area (Å²) in [6.45, 7) is 1.97. The minimum atomic E-state index is -0.0171. The van der Waals surface area contributed by atoms with E-state index in [1.54, 1.807) is 6.33 Å². The maximum absolute atomic E-state index is 12.1. The highest BCUT2D eigenvalue weighted by Gasteiger charge is 2.12. The van der Waals surface area contributed by atoms with Crippen LogP contribution in [0.15, 0.2) is 41.7 Å². The van der Waals surface area contributed by atoms with Gasteiger partial charge in [0.1, 0.15) is 10.5 Å². The maximum atomic E-state index is 12.1. The molecule has 0 bridgehead atoms. The number of benzene rings is 1. The van der Waals surface area contributed by atoms with Crippen LogP contribution in [-0.2, 0) is 4.79 Å². The maximum Gasteiger partial charge on any atom is 0.225 e. The largest absolute Gasteiger partial charge is 0.350 e. The van der Waals surface area contributed by atoms with Crippen molar-refractivity contribution in [1.82, 2.24) is 25.3 Å². The van der Waals surface area contributed by atoms with Gasteiger partial charge in [0, 0.05) is 12.2 Å². The molecule has 3 rings (SSSR count). The summed E-state index contributed by atoms with van der Waals surface area (Å²) in [5, 5.41) is 3.85. The molecular weight excluding hydrogens is 346 g/mol. The molecule has 0 fully saturated rings. The van der Waals surface area contributed by atoms with Crippen LogP contribution in [0.25, 0.3) is 11.2 Å². The number of fused-ring (bicyclic) bond motifs is 1. The summed E-state index contributed by atoms with van der Waals surface area (Å²) in [7, 11) is 0. The van der Waals surface area contributed by atoms with Crippen molar-refractivity contribution < 1.29 is 4.79 Å². The average Bonchev–Trinajstić information content (AvgIpc) is 3.04. The van der Waals surface area contributed by atoms with Crippen LogP contribution in [0.2, 0.25) is 5.28 Å². The second-order valence-electron chi connectivity index (χ2n) is 5.20. The van der Waals surface area contributed by atoms with Gasteiger partial charge in [-0.25, -0.2) is 9.97 Å². The number of H-pyrrole nitrogens is 1. The number of halogens is 1. The quantitative estimate of drug-likeness (QED) is 0.399. The Hall–Kier alpha value is -2.12. The van der Waals surface area contributed by atoms with Gasteiger partial charge in [-0.3, -0.25) is 4.79 Å². The van der Waals surface area contributed by atoms with Gasteiger partial charge in [0.2, 0.25) is 11.2 Å². The Kier molecular flexibility index (Phi) is 5.32. The van der Waals surface area contributed by atoms with Gasteiger partial charge in [-0.15, -0.1) is 11.8 Å². The molecule has 1 atom stereocenters. The molecule has 24 heavy (non-hydrogen) atoms. The molecule has 3 aromatic rings. The van der Waals surface area contributed by atoms with E-state index in [4.69, 9.17) is 11.6 Å². The monoisotopic (exact) mass is 361 g/mol. The summed E-state index contributed by atoms with van der Waals surface area (Å²) >= 11 is 7.34. The first-order valence-corrected chi connectivity index (χ1v) is 8.83. The van der Waals surface area contributed by atoms with Crippen LogP contribution < -0.4 is 5.32 Å². The highest BCUT2D eigenvalue weighted by molar-refractivity contribution is 7.99. The molecule has 124 valence electrons. The molecule has 0 saturated carbocycles. The topological polar surface area (TPSA) is 83.6 Å². The smallest absolute Gasteiger partial charge is 0.225 e. The molecule has 8 heteroatoms. The van der Waals surface area contributed by atoms with Gasteiger partial charge in [0.15, 0.2) is 5.65 Å². The second-order valence-corrected chi connectivity index (χ2v) is 6.62. The normalized spacial score (nSPS) is 12.2. The molecule has 6 nitrogen and oxygen atoms in total. The summed E-state index contributed by atoms with van der Waals surface area (Å²) in [4.78, 5) is 27.4. The number of carbonyl (C=O) groups is 1. The van der Waals surface area contributed by atoms with Crippen LogP contribution in [0.3, 0.4) is 0 Å². The molecule has 0 aliphatic rings. The molecule has 0 aliphatic heterocycles. The molecule has 0 saturated heterocycles. The van der Waals surface area contributed by atoms with Crippen molar-refractivity contribution in [2.45, 2.75) is 24.4 Å². The molecule has 0 radical (unpaired) electrons. The fraction of sp³-hybridized carbons (Fsp3) is 0.250. The number of hydrogen-bond acceptors (Lipinski definition) is 5. The molecule has 2 heterocycles. The summed E-state index contributed by atoms with van der Waals surface area (Å²) in [5.41, 5.74) is 2.35. The van der Waals surface area contributed by atoms with E-state index < -0.39 is 0 Å². The van der Waals surface area contributed by atoms with Crippen molar-refractivity contribution in [1.29, 1.82) is 0 Å². The summed E-state index contributed by atoms with van der Waals surface area (Å²) < 4.78 is 0. The molecule has 1 aromatic carbocycles. The highest BCUT2D eigenvalue weighted by atomic mass is 35.5. The Labute approximate surface area is 148 Å². The van der Waals surface area contributed by atoms with E-state index >= 15 is 0 Å². The predicted molar refractivity (Wildman–Crippen MR) is 95.0 cm³/mol. The van der Waals surface area contributed by atoms with Crippen molar-refractivity contribution in [3.63, 3.8) is 0 Å². The van der Waals surface area contributed by atoms with E-state index in [-0.39, 0.29) is 17.2 Å². The standard InChI is InChI=1S/C16H16ClN5OS/c1-10(11-5-3-2-4-6-11)20-12(23)7-8-24-15-13-14(19-9-18-13)21-16(17)22-15/h2-6,9-10H,7-8H2,1H3,(H,20,23)(H,18,19,21,22)/t10-/m0/s1. The fourth-order valence-corrected chi connectivity index (χ4v) is 3.41. The van der Waals surface area contributed by atoms with Gasteiger partial charge >= 0.3 is 0 Å². The number of thioether (sulfide) groups is 1. The summed E-state index contributed by atoms with van der Waals surface area (Å²) in [5.74, 6) is 0.592. The van der Waals surface area contributed by atoms with Gasteiger partial charge in [-0.2, -0.15) is 4.98 Å². The molecule has 2 N–H and O–H groups in total. The van der Waals surface area contributed by atoms with Crippen molar-refractivity contribution in [3.8, 4) is 0 Å². The zero-order valence-electron chi connectivity index (χ0n) is 13.0. The van der Waals surface area contributed by atoms with Crippen LogP contribution in [-0.4, -0.2) is 31.6 Å². The lowest BCUT2D eigenvalue weighted by Gasteiger charge is -2.14. The Balaban J connectivity index is 1.54. The van der Waals surface area contributed by atoms with Crippen molar-refractivity contribution in [2.75, 3.05) is 5.75 Å². The second kappa shape index (κ2) is 7.63. The van der Waals surface area contributed by atoms with Gasteiger partial charge in [0.25, 0.3) is 0 Å². The molecule has 0 spiro atoms.